The number of thioether (sulfide) groups is 1. The lowest BCUT2D eigenvalue weighted by Crippen LogP contribution is -2.13. The van der Waals surface area contributed by atoms with Gasteiger partial charge in [0.05, 0.1) is 5.69 Å². The number of nitrogens with one attached hydrogen (secondary N) is 1. The zero-order valence-electron chi connectivity index (χ0n) is 8.79. The van der Waals surface area contributed by atoms with Crippen molar-refractivity contribution in [3.8, 4) is 0 Å². The molecule has 2 rings (SSSR count). The summed E-state index contributed by atoms with van der Waals surface area (Å²) in [6.07, 6.45) is 3.10. The molecule has 1 saturated heterocycles. The molecule has 0 radical (unpaired) electrons. The van der Waals surface area contributed by atoms with Gasteiger partial charge in [-0.05, 0) is 42.4 Å². The lowest BCUT2D eigenvalue weighted by atomic mass is 10.1. The molecule has 0 amide bonds. The Morgan fingerprint density at radius 3 is 3.27 bits per heavy atom. The van der Waals surface area contributed by atoms with E-state index in [-0.39, 0.29) is 0 Å². The third-order valence-corrected chi connectivity index (χ3v) is 4.11. The van der Waals surface area contributed by atoms with Gasteiger partial charge in [0.25, 0.3) is 0 Å². The van der Waals surface area contributed by atoms with Crippen molar-refractivity contribution in [2.24, 2.45) is 5.92 Å². The second-order valence-corrected chi connectivity index (χ2v) is 5.47. The van der Waals surface area contributed by atoms with Crippen LogP contribution in [0, 0.1) is 12.8 Å². The molecule has 1 aliphatic rings. The first kappa shape index (κ1) is 11.1. The Morgan fingerprint density at radius 2 is 2.53 bits per heavy atom. The van der Waals surface area contributed by atoms with E-state index in [2.05, 4.69) is 16.4 Å². The molecule has 0 aliphatic carbocycles. The number of hydrogen-bond acceptors (Lipinski definition) is 3. The van der Waals surface area contributed by atoms with Gasteiger partial charge in [-0.1, -0.05) is 11.6 Å². The molecule has 1 aromatic rings. The first-order valence-electron chi connectivity index (χ1n) is 5.19. The van der Waals surface area contributed by atoms with E-state index in [0.29, 0.717) is 5.15 Å². The van der Waals surface area contributed by atoms with Crippen LogP contribution in [-0.4, -0.2) is 23.0 Å². The van der Waals surface area contributed by atoms with Gasteiger partial charge in [-0.25, -0.2) is 4.98 Å². The lowest BCUT2D eigenvalue weighted by Gasteiger charge is -2.12. The van der Waals surface area contributed by atoms with Crippen LogP contribution in [0.3, 0.4) is 0 Å². The fourth-order valence-corrected chi connectivity index (χ4v) is 3.13. The molecule has 0 spiro atoms. The SMILES string of the molecule is Cc1cnc(Cl)c(NCC2CCSC2)c1. The van der Waals surface area contributed by atoms with Gasteiger partial charge in [-0.15, -0.1) is 0 Å². The first-order chi connectivity index (χ1) is 7.25. The monoisotopic (exact) mass is 242 g/mol. The summed E-state index contributed by atoms with van der Waals surface area (Å²) in [7, 11) is 0. The highest BCUT2D eigenvalue weighted by Crippen LogP contribution is 2.25. The Hall–Kier alpha value is -0.410. The molecule has 4 heteroatoms. The molecule has 0 saturated carbocycles. The van der Waals surface area contributed by atoms with Crippen molar-refractivity contribution in [2.75, 3.05) is 23.4 Å². The van der Waals surface area contributed by atoms with Crippen LogP contribution in [0.1, 0.15) is 12.0 Å². The number of anilines is 1. The van der Waals surface area contributed by atoms with E-state index in [1.807, 2.05) is 18.7 Å². The van der Waals surface area contributed by atoms with Crippen LogP contribution in [0.2, 0.25) is 5.15 Å². The second-order valence-electron chi connectivity index (χ2n) is 3.96. The summed E-state index contributed by atoms with van der Waals surface area (Å²) in [5.41, 5.74) is 2.11. The number of aryl methyl sites for hydroxylation is 1. The van der Waals surface area contributed by atoms with E-state index in [4.69, 9.17) is 11.6 Å². The Bertz CT molecular complexity index is 337. The van der Waals surface area contributed by atoms with Gasteiger partial charge < -0.3 is 5.32 Å². The normalized spacial score (nSPS) is 20.5. The van der Waals surface area contributed by atoms with Crippen LogP contribution in [-0.2, 0) is 0 Å². The minimum Gasteiger partial charge on any atom is -0.382 e. The maximum atomic E-state index is 6.00. The highest BCUT2D eigenvalue weighted by atomic mass is 35.5. The van der Waals surface area contributed by atoms with E-state index >= 15 is 0 Å². The molecule has 1 aliphatic heterocycles. The summed E-state index contributed by atoms with van der Waals surface area (Å²) in [6.45, 7) is 3.04. The second kappa shape index (κ2) is 5.08. The van der Waals surface area contributed by atoms with Gasteiger partial charge in [0, 0.05) is 12.7 Å². The van der Waals surface area contributed by atoms with Crippen molar-refractivity contribution in [2.45, 2.75) is 13.3 Å². The quantitative estimate of drug-likeness (QED) is 0.824. The van der Waals surface area contributed by atoms with E-state index < -0.39 is 0 Å². The summed E-state index contributed by atoms with van der Waals surface area (Å²) in [5, 5.41) is 3.96. The average Bonchev–Trinajstić information content (AvgIpc) is 2.72. The molecule has 1 fully saturated rings. The summed E-state index contributed by atoms with van der Waals surface area (Å²) in [5.74, 6) is 3.35. The third-order valence-electron chi connectivity index (χ3n) is 2.58. The highest BCUT2D eigenvalue weighted by Gasteiger charge is 2.15. The summed E-state index contributed by atoms with van der Waals surface area (Å²) >= 11 is 8.04. The standard InChI is InChI=1S/C11H15ClN2S/c1-8-4-10(11(12)14-5-8)13-6-9-2-3-15-7-9/h4-5,9,13H,2-3,6-7H2,1H3. The molecular weight excluding hydrogens is 228 g/mol. The van der Waals surface area contributed by atoms with Crippen molar-refractivity contribution in [3.63, 3.8) is 0 Å². The van der Waals surface area contributed by atoms with Crippen LogP contribution in [0.15, 0.2) is 12.3 Å². The molecule has 1 atom stereocenters. The average molecular weight is 243 g/mol. The van der Waals surface area contributed by atoms with E-state index in [9.17, 15) is 0 Å². The summed E-state index contributed by atoms with van der Waals surface area (Å²) in [4.78, 5) is 4.12. The Morgan fingerprint density at radius 1 is 1.67 bits per heavy atom. The number of rotatable bonds is 3. The zero-order valence-corrected chi connectivity index (χ0v) is 10.4. The van der Waals surface area contributed by atoms with Gasteiger partial charge in [0.2, 0.25) is 0 Å². The van der Waals surface area contributed by atoms with E-state index in [1.165, 1.54) is 17.9 Å². The predicted molar refractivity (Wildman–Crippen MR) is 67.9 cm³/mol. The van der Waals surface area contributed by atoms with Crippen LogP contribution in [0.5, 0.6) is 0 Å². The van der Waals surface area contributed by atoms with Crippen molar-refractivity contribution in [1.29, 1.82) is 0 Å². The zero-order chi connectivity index (χ0) is 10.7. The molecule has 2 nitrogen and oxygen atoms in total. The summed E-state index contributed by atoms with van der Waals surface area (Å²) < 4.78 is 0. The molecule has 82 valence electrons. The van der Waals surface area contributed by atoms with Crippen LogP contribution in [0.4, 0.5) is 5.69 Å². The Balaban J connectivity index is 1.94. The topological polar surface area (TPSA) is 24.9 Å². The van der Waals surface area contributed by atoms with Crippen molar-refractivity contribution in [3.05, 3.63) is 23.0 Å². The minimum absolute atomic E-state index is 0.575. The predicted octanol–water partition coefficient (Wildman–Crippen LogP) is 3.21. The van der Waals surface area contributed by atoms with Gasteiger partial charge in [-0.2, -0.15) is 11.8 Å². The van der Waals surface area contributed by atoms with Crippen molar-refractivity contribution in [1.82, 2.24) is 4.98 Å². The maximum absolute atomic E-state index is 6.00. The Kier molecular flexibility index (Phi) is 3.76. The molecule has 1 unspecified atom stereocenters. The molecule has 1 N–H and O–H groups in total. The maximum Gasteiger partial charge on any atom is 0.152 e. The number of pyridine rings is 1. The lowest BCUT2D eigenvalue weighted by molar-refractivity contribution is 0.631. The number of nitrogens with zero attached hydrogens (tertiary/aromatic N) is 1. The van der Waals surface area contributed by atoms with E-state index in [0.717, 1.165) is 23.7 Å². The molecular formula is C11H15ClN2S. The van der Waals surface area contributed by atoms with Gasteiger partial charge >= 0.3 is 0 Å². The van der Waals surface area contributed by atoms with Crippen LogP contribution < -0.4 is 5.32 Å². The highest BCUT2D eigenvalue weighted by molar-refractivity contribution is 7.99. The molecule has 1 aromatic heterocycles. The van der Waals surface area contributed by atoms with E-state index in [1.54, 1.807) is 6.20 Å². The van der Waals surface area contributed by atoms with Gasteiger partial charge in [0.1, 0.15) is 0 Å². The molecule has 15 heavy (non-hydrogen) atoms. The fraction of sp³-hybridized carbons (Fsp3) is 0.545. The van der Waals surface area contributed by atoms with Crippen LogP contribution >= 0.6 is 23.4 Å². The van der Waals surface area contributed by atoms with Crippen molar-refractivity contribution < 1.29 is 0 Å². The fourth-order valence-electron chi connectivity index (χ4n) is 1.68. The largest absolute Gasteiger partial charge is 0.382 e. The van der Waals surface area contributed by atoms with Gasteiger partial charge in [-0.3, -0.25) is 0 Å². The number of halogens is 1. The smallest absolute Gasteiger partial charge is 0.152 e. The molecule has 0 bridgehead atoms. The third kappa shape index (κ3) is 3.02. The Labute approximate surface area is 99.8 Å². The first-order valence-corrected chi connectivity index (χ1v) is 6.73. The van der Waals surface area contributed by atoms with Crippen LogP contribution in [0.25, 0.3) is 0 Å². The molecule has 2 heterocycles. The minimum atomic E-state index is 0.575. The van der Waals surface area contributed by atoms with Crippen molar-refractivity contribution >= 4 is 29.1 Å². The van der Waals surface area contributed by atoms with Gasteiger partial charge in [0.15, 0.2) is 5.15 Å². The number of hydrogen-bond donors (Lipinski definition) is 1. The number of aromatic nitrogens is 1. The molecule has 0 aromatic carbocycles. The summed E-state index contributed by atoms with van der Waals surface area (Å²) in [6, 6.07) is 2.05.